The second-order valence-corrected chi connectivity index (χ2v) is 8.46. The molecule has 0 bridgehead atoms. The lowest BCUT2D eigenvalue weighted by Gasteiger charge is -2.12. The van der Waals surface area contributed by atoms with Crippen molar-refractivity contribution in [1.29, 1.82) is 0 Å². The molecular weight excluding hydrogens is 346 g/mol. The van der Waals surface area contributed by atoms with Crippen molar-refractivity contribution in [2.24, 2.45) is 0 Å². The summed E-state index contributed by atoms with van der Waals surface area (Å²) in [5.74, 6) is 0. The molecule has 0 fully saturated rings. The maximum atomic E-state index is 12.3. The molecule has 0 aliphatic rings. The van der Waals surface area contributed by atoms with Gasteiger partial charge in [0.2, 0.25) is 0 Å². The third-order valence-corrected chi connectivity index (χ3v) is 6.12. The Morgan fingerprint density at radius 2 is 1.84 bits per heavy atom. The van der Waals surface area contributed by atoms with Crippen LogP contribution in [0.3, 0.4) is 0 Å². The van der Waals surface area contributed by atoms with E-state index in [1.54, 1.807) is 12.1 Å². The Kier molecular flexibility index (Phi) is 4.03. The fraction of sp³-hybridized carbons (Fsp3) is 0.231. The lowest BCUT2D eigenvalue weighted by atomic mass is 10.1. The summed E-state index contributed by atoms with van der Waals surface area (Å²) in [6.07, 6.45) is 0. The first kappa shape index (κ1) is 14.6. The maximum Gasteiger partial charge on any atom is 0.271 e. The zero-order valence-electron chi connectivity index (χ0n) is 10.8. The molecule has 3 nitrogen and oxygen atoms in total. The smallest absolute Gasteiger partial charge is 0.271 e. The van der Waals surface area contributed by atoms with Crippen LogP contribution in [0.2, 0.25) is 0 Å². The van der Waals surface area contributed by atoms with Crippen LogP contribution in [0, 0.1) is 20.8 Å². The van der Waals surface area contributed by atoms with Crippen molar-refractivity contribution < 1.29 is 8.42 Å². The fourth-order valence-electron chi connectivity index (χ4n) is 1.79. The molecule has 0 spiro atoms. The van der Waals surface area contributed by atoms with Gasteiger partial charge in [0, 0.05) is 9.35 Å². The van der Waals surface area contributed by atoms with Gasteiger partial charge in [0.05, 0.1) is 5.69 Å². The molecule has 0 amide bonds. The van der Waals surface area contributed by atoms with Gasteiger partial charge in [0.15, 0.2) is 0 Å². The zero-order valence-corrected chi connectivity index (χ0v) is 14.0. The number of anilines is 1. The molecule has 0 radical (unpaired) electrons. The summed E-state index contributed by atoms with van der Waals surface area (Å²) in [6.45, 7) is 5.74. The van der Waals surface area contributed by atoms with E-state index < -0.39 is 10.0 Å². The van der Waals surface area contributed by atoms with Crippen LogP contribution in [-0.2, 0) is 10.0 Å². The van der Waals surface area contributed by atoms with E-state index in [0.717, 1.165) is 20.5 Å². The SMILES string of the molecule is Cc1cc(C)c(NS(=O)(=O)c2ccc(C)s2)c(Br)c1. The van der Waals surface area contributed by atoms with Crippen LogP contribution >= 0.6 is 27.3 Å². The highest BCUT2D eigenvalue weighted by atomic mass is 79.9. The summed E-state index contributed by atoms with van der Waals surface area (Å²) in [5.41, 5.74) is 2.57. The second kappa shape index (κ2) is 5.26. The zero-order chi connectivity index (χ0) is 14.2. The highest BCUT2D eigenvalue weighted by Gasteiger charge is 2.18. The molecule has 0 saturated heterocycles. The molecule has 0 aliphatic carbocycles. The van der Waals surface area contributed by atoms with Crippen LogP contribution in [0.15, 0.2) is 32.9 Å². The van der Waals surface area contributed by atoms with E-state index >= 15 is 0 Å². The summed E-state index contributed by atoms with van der Waals surface area (Å²) in [7, 11) is -3.51. The minimum atomic E-state index is -3.51. The predicted octanol–water partition coefficient (Wildman–Crippen LogP) is 4.24. The Labute approximate surface area is 125 Å². The van der Waals surface area contributed by atoms with E-state index in [4.69, 9.17) is 0 Å². The second-order valence-electron chi connectivity index (χ2n) is 4.41. The van der Waals surface area contributed by atoms with E-state index in [9.17, 15) is 8.42 Å². The molecule has 0 unspecified atom stereocenters. The van der Waals surface area contributed by atoms with Crippen LogP contribution in [0.1, 0.15) is 16.0 Å². The van der Waals surface area contributed by atoms with Crippen molar-refractivity contribution in [2.75, 3.05) is 4.72 Å². The molecule has 0 aliphatic heterocycles. The lowest BCUT2D eigenvalue weighted by Crippen LogP contribution is -2.13. The maximum absolute atomic E-state index is 12.3. The first-order chi connectivity index (χ1) is 8.79. The van der Waals surface area contributed by atoms with E-state index in [-0.39, 0.29) is 0 Å². The monoisotopic (exact) mass is 359 g/mol. The summed E-state index contributed by atoms with van der Waals surface area (Å²) in [4.78, 5) is 0.972. The Morgan fingerprint density at radius 3 is 2.37 bits per heavy atom. The van der Waals surface area contributed by atoms with E-state index in [2.05, 4.69) is 20.7 Å². The van der Waals surface area contributed by atoms with E-state index in [0.29, 0.717) is 9.90 Å². The standard InChI is InChI=1S/C13H14BrNO2S2/c1-8-6-9(2)13(11(14)7-8)15-19(16,17)12-5-4-10(3)18-12/h4-7,15H,1-3H3. The summed E-state index contributed by atoms with van der Waals surface area (Å²) >= 11 is 4.67. The Hall–Kier alpha value is -0.850. The minimum Gasteiger partial charge on any atom is -0.278 e. The average Bonchev–Trinajstić information content (AvgIpc) is 2.71. The predicted molar refractivity (Wildman–Crippen MR) is 83.5 cm³/mol. The number of hydrogen-bond donors (Lipinski definition) is 1. The van der Waals surface area contributed by atoms with Crippen molar-refractivity contribution in [3.05, 3.63) is 44.7 Å². The number of thiophene rings is 1. The van der Waals surface area contributed by atoms with Crippen molar-refractivity contribution in [3.8, 4) is 0 Å². The Morgan fingerprint density at radius 1 is 1.16 bits per heavy atom. The lowest BCUT2D eigenvalue weighted by molar-refractivity contribution is 0.603. The third kappa shape index (κ3) is 3.19. The van der Waals surface area contributed by atoms with Gasteiger partial charge >= 0.3 is 0 Å². The summed E-state index contributed by atoms with van der Waals surface area (Å²) in [6, 6.07) is 7.27. The number of hydrogen-bond acceptors (Lipinski definition) is 3. The molecule has 1 aromatic carbocycles. The van der Waals surface area contributed by atoms with Crippen molar-refractivity contribution in [2.45, 2.75) is 25.0 Å². The van der Waals surface area contributed by atoms with E-state index in [1.165, 1.54) is 11.3 Å². The topological polar surface area (TPSA) is 46.2 Å². The molecule has 0 saturated carbocycles. The van der Waals surface area contributed by atoms with Gasteiger partial charge < -0.3 is 0 Å². The normalized spacial score (nSPS) is 11.6. The fourth-order valence-corrected chi connectivity index (χ4v) is 5.13. The molecule has 0 atom stereocenters. The number of halogens is 1. The molecular formula is C13H14BrNO2S2. The molecule has 6 heteroatoms. The Bertz CT molecular complexity index is 697. The van der Waals surface area contributed by atoms with E-state index in [1.807, 2.05) is 32.9 Å². The number of benzene rings is 1. The van der Waals surface area contributed by atoms with Gasteiger partial charge in [-0.05, 0) is 66.0 Å². The number of sulfonamides is 1. The molecule has 2 aromatic rings. The molecule has 1 N–H and O–H groups in total. The van der Waals surface area contributed by atoms with Crippen molar-refractivity contribution in [1.82, 2.24) is 0 Å². The van der Waals surface area contributed by atoms with Gasteiger partial charge in [0.1, 0.15) is 4.21 Å². The van der Waals surface area contributed by atoms with Gasteiger partial charge in [-0.1, -0.05) is 6.07 Å². The largest absolute Gasteiger partial charge is 0.278 e. The molecule has 1 aromatic heterocycles. The van der Waals surface area contributed by atoms with Gasteiger partial charge in [-0.2, -0.15) is 0 Å². The van der Waals surface area contributed by atoms with Crippen LogP contribution in [0.5, 0.6) is 0 Å². The van der Waals surface area contributed by atoms with Crippen LogP contribution in [0.25, 0.3) is 0 Å². The highest BCUT2D eigenvalue weighted by molar-refractivity contribution is 9.10. The quantitative estimate of drug-likeness (QED) is 0.890. The van der Waals surface area contributed by atoms with Gasteiger partial charge in [-0.15, -0.1) is 11.3 Å². The van der Waals surface area contributed by atoms with Crippen LogP contribution in [0.4, 0.5) is 5.69 Å². The molecule has 102 valence electrons. The summed E-state index contributed by atoms with van der Waals surface area (Å²) in [5, 5.41) is 0. The molecule has 19 heavy (non-hydrogen) atoms. The van der Waals surface area contributed by atoms with Gasteiger partial charge in [0.25, 0.3) is 10.0 Å². The number of aryl methyl sites for hydroxylation is 3. The average molecular weight is 360 g/mol. The number of nitrogens with one attached hydrogen (secondary N) is 1. The minimum absolute atomic E-state index is 0.330. The van der Waals surface area contributed by atoms with Gasteiger partial charge in [-0.25, -0.2) is 8.42 Å². The first-order valence-electron chi connectivity index (χ1n) is 5.65. The third-order valence-electron chi connectivity index (χ3n) is 2.65. The molecule has 2 rings (SSSR count). The van der Waals surface area contributed by atoms with Crippen molar-refractivity contribution >= 4 is 43.0 Å². The summed E-state index contributed by atoms with van der Waals surface area (Å²) < 4.78 is 28.3. The van der Waals surface area contributed by atoms with Crippen molar-refractivity contribution in [3.63, 3.8) is 0 Å². The molecule has 1 heterocycles. The number of rotatable bonds is 3. The highest BCUT2D eigenvalue weighted by Crippen LogP contribution is 2.31. The Balaban J connectivity index is 2.41. The van der Waals surface area contributed by atoms with Crippen LogP contribution in [-0.4, -0.2) is 8.42 Å². The first-order valence-corrected chi connectivity index (χ1v) is 8.75. The van der Waals surface area contributed by atoms with Crippen LogP contribution < -0.4 is 4.72 Å². The van der Waals surface area contributed by atoms with Gasteiger partial charge in [-0.3, -0.25) is 4.72 Å².